The van der Waals surface area contributed by atoms with Gasteiger partial charge in [-0.1, -0.05) is 60.2 Å². The molecule has 4 nitrogen and oxygen atoms in total. The lowest BCUT2D eigenvalue weighted by Crippen LogP contribution is -2.44. The number of nitrogens with zero attached hydrogens (tertiary/aromatic N) is 2. The molecule has 150 valence electrons. The second kappa shape index (κ2) is 8.73. The summed E-state index contributed by atoms with van der Waals surface area (Å²) in [5, 5.41) is 13.9. The molecule has 3 aromatic rings. The Morgan fingerprint density at radius 3 is 2.33 bits per heavy atom. The molecule has 1 heterocycles. The number of aryl methyl sites for hydroxylation is 1. The maximum absolute atomic E-state index is 9.73. The second-order valence-electron chi connectivity index (χ2n) is 7.18. The van der Waals surface area contributed by atoms with Crippen molar-refractivity contribution in [3.8, 4) is 5.75 Å². The minimum Gasteiger partial charge on any atom is -0.508 e. The van der Waals surface area contributed by atoms with Gasteiger partial charge in [0.2, 0.25) is 5.11 Å². The Morgan fingerprint density at radius 2 is 1.67 bits per heavy atom. The SMILES string of the molecule is Cc1ccc(NC(=S)N2C(=S)N=C(c3ccccc3)CC2c2ccc(O)cc2)cc1. The third kappa shape index (κ3) is 4.40. The van der Waals surface area contributed by atoms with E-state index < -0.39 is 0 Å². The lowest BCUT2D eigenvalue weighted by Gasteiger charge is -2.36. The van der Waals surface area contributed by atoms with Crippen LogP contribution in [0.4, 0.5) is 5.69 Å². The fraction of sp³-hybridized carbons (Fsp3) is 0.125. The zero-order valence-electron chi connectivity index (χ0n) is 16.4. The topological polar surface area (TPSA) is 47.9 Å². The summed E-state index contributed by atoms with van der Waals surface area (Å²) >= 11 is 11.4. The summed E-state index contributed by atoms with van der Waals surface area (Å²) in [7, 11) is 0. The van der Waals surface area contributed by atoms with E-state index >= 15 is 0 Å². The summed E-state index contributed by atoms with van der Waals surface area (Å²) in [6.07, 6.45) is 0.643. The third-order valence-electron chi connectivity index (χ3n) is 5.04. The highest BCUT2D eigenvalue weighted by Crippen LogP contribution is 2.32. The van der Waals surface area contributed by atoms with Gasteiger partial charge in [-0.05, 0) is 66.8 Å². The van der Waals surface area contributed by atoms with Gasteiger partial charge in [0.15, 0.2) is 5.11 Å². The number of phenols is 1. The fourth-order valence-electron chi connectivity index (χ4n) is 3.45. The average Bonchev–Trinajstić information content (AvgIpc) is 2.76. The Bertz CT molecular complexity index is 1090. The predicted octanol–water partition coefficient (Wildman–Crippen LogP) is 5.62. The second-order valence-corrected chi connectivity index (χ2v) is 7.94. The maximum atomic E-state index is 9.73. The highest BCUT2D eigenvalue weighted by atomic mass is 32.1. The summed E-state index contributed by atoms with van der Waals surface area (Å²) in [5.41, 5.74) is 5.05. The Balaban J connectivity index is 1.69. The number of hydrogen-bond acceptors (Lipinski definition) is 3. The van der Waals surface area contributed by atoms with Gasteiger partial charge in [0, 0.05) is 12.1 Å². The molecule has 4 rings (SSSR count). The highest BCUT2D eigenvalue weighted by Gasteiger charge is 2.32. The van der Waals surface area contributed by atoms with Crippen LogP contribution in [0.1, 0.15) is 29.2 Å². The van der Waals surface area contributed by atoms with Crippen LogP contribution in [0, 0.1) is 6.92 Å². The lowest BCUT2D eigenvalue weighted by atomic mass is 9.95. The zero-order valence-corrected chi connectivity index (χ0v) is 18.1. The molecule has 3 aromatic carbocycles. The van der Waals surface area contributed by atoms with Gasteiger partial charge < -0.3 is 10.4 Å². The fourth-order valence-corrected chi connectivity index (χ4v) is 4.17. The monoisotopic (exact) mass is 431 g/mol. The van der Waals surface area contributed by atoms with E-state index in [-0.39, 0.29) is 11.8 Å². The van der Waals surface area contributed by atoms with Crippen LogP contribution in [0.25, 0.3) is 0 Å². The number of thiocarbonyl (C=S) groups is 2. The number of hydrogen-bond donors (Lipinski definition) is 2. The number of anilines is 1. The van der Waals surface area contributed by atoms with Crippen LogP contribution in [-0.2, 0) is 0 Å². The van der Waals surface area contributed by atoms with Crippen molar-refractivity contribution in [2.75, 3.05) is 5.32 Å². The molecule has 0 aromatic heterocycles. The molecule has 1 unspecified atom stereocenters. The van der Waals surface area contributed by atoms with Crippen molar-refractivity contribution in [1.82, 2.24) is 4.90 Å². The van der Waals surface area contributed by atoms with E-state index in [4.69, 9.17) is 29.4 Å². The summed E-state index contributed by atoms with van der Waals surface area (Å²) < 4.78 is 0. The van der Waals surface area contributed by atoms with E-state index in [1.165, 1.54) is 5.56 Å². The van der Waals surface area contributed by atoms with Crippen molar-refractivity contribution in [3.63, 3.8) is 0 Å². The van der Waals surface area contributed by atoms with Crippen LogP contribution in [0.3, 0.4) is 0 Å². The van der Waals surface area contributed by atoms with Gasteiger partial charge in [0.05, 0.1) is 11.8 Å². The van der Waals surface area contributed by atoms with Crippen LogP contribution in [-0.4, -0.2) is 25.9 Å². The van der Waals surface area contributed by atoms with Crippen LogP contribution >= 0.6 is 24.4 Å². The minimum absolute atomic E-state index is 0.128. The average molecular weight is 432 g/mol. The van der Waals surface area contributed by atoms with Crippen molar-refractivity contribution < 1.29 is 5.11 Å². The number of aromatic hydroxyl groups is 1. The number of aliphatic imine (C=N–C) groups is 1. The van der Waals surface area contributed by atoms with Crippen molar-refractivity contribution >= 4 is 46.1 Å². The van der Waals surface area contributed by atoms with Gasteiger partial charge >= 0.3 is 0 Å². The molecule has 30 heavy (non-hydrogen) atoms. The summed E-state index contributed by atoms with van der Waals surface area (Å²) in [5.74, 6) is 0.223. The van der Waals surface area contributed by atoms with Crippen LogP contribution in [0.2, 0.25) is 0 Å². The maximum Gasteiger partial charge on any atom is 0.202 e. The minimum atomic E-state index is -0.128. The van der Waals surface area contributed by atoms with Crippen molar-refractivity contribution in [1.29, 1.82) is 0 Å². The smallest absolute Gasteiger partial charge is 0.202 e. The molecule has 1 aliphatic heterocycles. The molecule has 2 N–H and O–H groups in total. The van der Waals surface area contributed by atoms with Crippen LogP contribution in [0.15, 0.2) is 83.9 Å². The lowest BCUT2D eigenvalue weighted by molar-refractivity contribution is 0.455. The molecule has 1 atom stereocenters. The summed E-state index contributed by atoms with van der Waals surface area (Å²) in [6.45, 7) is 2.04. The number of benzene rings is 3. The van der Waals surface area contributed by atoms with Crippen LogP contribution < -0.4 is 5.32 Å². The molecule has 6 heteroatoms. The van der Waals surface area contributed by atoms with E-state index in [1.54, 1.807) is 12.1 Å². The number of nitrogens with one attached hydrogen (secondary N) is 1. The Labute approximate surface area is 186 Å². The van der Waals surface area contributed by atoms with Gasteiger partial charge in [-0.25, -0.2) is 4.99 Å². The van der Waals surface area contributed by atoms with Gasteiger partial charge in [-0.15, -0.1) is 0 Å². The highest BCUT2D eigenvalue weighted by molar-refractivity contribution is 7.82. The van der Waals surface area contributed by atoms with Gasteiger partial charge in [0.1, 0.15) is 5.75 Å². The summed E-state index contributed by atoms with van der Waals surface area (Å²) in [4.78, 5) is 6.58. The molecule has 1 aliphatic rings. The number of rotatable bonds is 3. The van der Waals surface area contributed by atoms with Gasteiger partial charge in [-0.3, -0.25) is 4.90 Å². The molecule has 0 aliphatic carbocycles. The first kappa shape index (κ1) is 20.2. The largest absolute Gasteiger partial charge is 0.508 e. The van der Waals surface area contributed by atoms with Gasteiger partial charge in [0.25, 0.3) is 0 Å². The third-order valence-corrected chi connectivity index (χ3v) is 5.63. The molecule has 0 saturated heterocycles. The Morgan fingerprint density at radius 1 is 1.00 bits per heavy atom. The van der Waals surface area contributed by atoms with Crippen molar-refractivity contribution in [2.24, 2.45) is 4.99 Å². The molecular weight excluding hydrogens is 410 g/mol. The molecular formula is C24H21N3OS2. The zero-order chi connectivity index (χ0) is 21.1. The van der Waals surface area contributed by atoms with Gasteiger partial charge in [-0.2, -0.15) is 0 Å². The first-order chi connectivity index (χ1) is 14.5. The summed E-state index contributed by atoms with van der Waals surface area (Å²) in [6, 6.07) is 25.1. The van der Waals surface area contributed by atoms with E-state index in [0.29, 0.717) is 16.6 Å². The molecule has 0 spiro atoms. The molecule has 0 amide bonds. The van der Waals surface area contributed by atoms with E-state index in [1.807, 2.05) is 78.6 Å². The Hall–Kier alpha value is -3.09. The van der Waals surface area contributed by atoms with Crippen molar-refractivity contribution in [3.05, 3.63) is 95.6 Å². The number of phenolic OH excluding ortho intramolecular Hbond substituents is 1. The molecule has 0 bridgehead atoms. The van der Waals surface area contributed by atoms with Crippen molar-refractivity contribution in [2.45, 2.75) is 19.4 Å². The molecule has 0 fully saturated rings. The van der Waals surface area contributed by atoms with Crippen LogP contribution in [0.5, 0.6) is 5.75 Å². The quantitative estimate of drug-likeness (QED) is 0.527. The first-order valence-corrected chi connectivity index (χ1v) is 10.5. The Kier molecular flexibility index (Phi) is 5.88. The first-order valence-electron chi connectivity index (χ1n) is 9.64. The predicted molar refractivity (Wildman–Crippen MR) is 130 cm³/mol. The standard InChI is InChI=1S/C24H21N3OS2/c1-16-7-11-19(12-8-16)25-23(29)27-22(18-9-13-20(28)14-10-18)15-21(26-24(27)30)17-5-3-2-4-6-17/h2-14,22,28H,15H2,1H3,(H,25,29). The molecule has 0 saturated carbocycles. The van der Waals surface area contributed by atoms with E-state index in [9.17, 15) is 5.11 Å². The van der Waals surface area contributed by atoms with E-state index in [0.717, 1.165) is 22.5 Å². The van der Waals surface area contributed by atoms with E-state index in [2.05, 4.69) is 5.32 Å². The normalized spacial score (nSPS) is 16.2. The molecule has 0 radical (unpaired) electrons.